The highest BCUT2D eigenvalue weighted by molar-refractivity contribution is 14.0. The summed E-state index contributed by atoms with van der Waals surface area (Å²) in [5.41, 5.74) is 0.228. The van der Waals surface area contributed by atoms with Gasteiger partial charge in [-0.1, -0.05) is 25.7 Å². The molecule has 20 heavy (non-hydrogen) atoms. The fraction of sp³-hybridized carbons (Fsp3) is 0.800. The standard InChI is InChI=1S/C15H28N4.HI/c1-6-10-17-14(16-3)18-12-15(19(4)5)9-7-8-13(2)11-15;/h1,13H,7-12H2,2-5H3,(H2,16,17,18);1H. The van der Waals surface area contributed by atoms with Gasteiger partial charge in [0.05, 0.1) is 6.54 Å². The van der Waals surface area contributed by atoms with Gasteiger partial charge in [0.25, 0.3) is 0 Å². The Balaban J connectivity index is 0.00000361. The summed E-state index contributed by atoms with van der Waals surface area (Å²) in [6, 6.07) is 0. The SMILES string of the molecule is C#CCNC(=NC)NCC1(N(C)C)CCCC(C)C1.I. The predicted molar refractivity (Wildman–Crippen MR) is 97.7 cm³/mol. The quantitative estimate of drug-likeness (QED) is 0.332. The number of nitrogens with one attached hydrogen (secondary N) is 2. The number of hydrogen-bond acceptors (Lipinski definition) is 2. The van der Waals surface area contributed by atoms with Crippen LogP contribution in [-0.2, 0) is 0 Å². The molecule has 0 heterocycles. The molecule has 0 spiro atoms. The van der Waals surface area contributed by atoms with Crippen molar-refractivity contribution >= 4 is 29.9 Å². The van der Waals surface area contributed by atoms with Gasteiger partial charge in [0.15, 0.2) is 5.96 Å². The van der Waals surface area contributed by atoms with Crippen LogP contribution in [0, 0.1) is 18.3 Å². The first-order valence-corrected chi connectivity index (χ1v) is 7.09. The van der Waals surface area contributed by atoms with Gasteiger partial charge in [-0.3, -0.25) is 4.99 Å². The number of hydrogen-bond donors (Lipinski definition) is 2. The molecule has 0 aromatic carbocycles. The normalized spacial score (nSPS) is 26.6. The van der Waals surface area contributed by atoms with Crippen LogP contribution in [0.2, 0.25) is 0 Å². The Kier molecular flexibility index (Phi) is 9.23. The van der Waals surface area contributed by atoms with Gasteiger partial charge in [0, 0.05) is 19.1 Å². The number of guanidine groups is 1. The van der Waals surface area contributed by atoms with Crippen LogP contribution < -0.4 is 10.6 Å². The molecule has 0 aromatic rings. The minimum atomic E-state index is 0. The van der Waals surface area contributed by atoms with Crippen LogP contribution in [0.5, 0.6) is 0 Å². The predicted octanol–water partition coefficient (Wildman–Crippen LogP) is 1.91. The lowest BCUT2D eigenvalue weighted by atomic mass is 9.75. The van der Waals surface area contributed by atoms with Crippen LogP contribution in [0.3, 0.4) is 0 Å². The van der Waals surface area contributed by atoms with Crippen LogP contribution in [0.25, 0.3) is 0 Å². The molecule has 5 heteroatoms. The van der Waals surface area contributed by atoms with Gasteiger partial charge in [-0.15, -0.1) is 30.4 Å². The molecule has 2 atom stereocenters. The van der Waals surface area contributed by atoms with Gasteiger partial charge in [-0.25, -0.2) is 0 Å². The molecule has 1 aliphatic rings. The van der Waals surface area contributed by atoms with Crippen molar-refractivity contribution in [2.24, 2.45) is 10.9 Å². The second-order valence-electron chi connectivity index (χ2n) is 5.80. The highest BCUT2D eigenvalue weighted by Crippen LogP contribution is 2.35. The Morgan fingerprint density at radius 1 is 1.45 bits per heavy atom. The Morgan fingerprint density at radius 2 is 2.15 bits per heavy atom. The zero-order valence-electron chi connectivity index (χ0n) is 13.2. The summed E-state index contributed by atoms with van der Waals surface area (Å²) >= 11 is 0. The molecule has 0 amide bonds. The molecule has 2 unspecified atom stereocenters. The molecule has 116 valence electrons. The van der Waals surface area contributed by atoms with E-state index in [-0.39, 0.29) is 29.5 Å². The summed E-state index contributed by atoms with van der Waals surface area (Å²) in [4.78, 5) is 6.56. The lowest BCUT2D eigenvalue weighted by Crippen LogP contribution is -2.56. The number of terminal acetylenes is 1. The van der Waals surface area contributed by atoms with E-state index < -0.39 is 0 Å². The Hall–Kier alpha value is -0.480. The summed E-state index contributed by atoms with van der Waals surface area (Å²) in [6.07, 6.45) is 10.4. The number of nitrogens with zero attached hydrogens (tertiary/aromatic N) is 2. The fourth-order valence-corrected chi connectivity index (χ4v) is 2.96. The van der Waals surface area contributed by atoms with Crippen LogP contribution in [0.15, 0.2) is 4.99 Å². The molecule has 1 rings (SSSR count). The van der Waals surface area contributed by atoms with Crippen molar-refractivity contribution in [1.29, 1.82) is 0 Å². The molecule has 0 saturated heterocycles. The topological polar surface area (TPSA) is 39.7 Å². The van der Waals surface area contributed by atoms with Gasteiger partial charge in [0.1, 0.15) is 0 Å². The molecule has 0 aromatic heterocycles. The minimum Gasteiger partial charge on any atom is -0.355 e. The second kappa shape index (κ2) is 9.46. The van der Waals surface area contributed by atoms with Gasteiger partial charge in [0.2, 0.25) is 0 Å². The van der Waals surface area contributed by atoms with Crippen molar-refractivity contribution in [2.45, 2.75) is 38.1 Å². The van der Waals surface area contributed by atoms with E-state index in [0.29, 0.717) is 6.54 Å². The number of aliphatic imine (C=N–C) groups is 1. The third-order valence-electron chi connectivity index (χ3n) is 4.18. The smallest absolute Gasteiger partial charge is 0.191 e. The molecule has 2 N–H and O–H groups in total. The maximum absolute atomic E-state index is 5.26. The Morgan fingerprint density at radius 3 is 2.65 bits per heavy atom. The van der Waals surface area contributed by atoms with E-state index in [4.69, 9.17) is 6.42 Å². The van der Waals surface area contributed by atoms with E-state index in [9.17, 15) is 0 Å². The van der Waals surface area contributed by atoms with E-state index >= 15 is 0 Å². The first-order chi connectivity index (χ1) is 9.04. The van der Waals surface area contributed by atoms with Crippen molar-refractivity contribution in [2.75, 3.05) is 34.2 Å². The average molecular weight is 392 g/mol. The summed E-state index contributed by atoms with van der Waals surface area (Å²) in [5.74, 6) is 4.15. The van der Waals surface area contributed by atoms with Crippen molar-refractivity contribution in [3.8, 4) is 12.3 Å². The molecule has 1 aliphatic carbocycles. The largest absolute Gasteiger partial charge is 0.355 e. The van der Waals surface area contributed by atoms with Gasteiger partial charge in [-0.2, -0.15) is 0 Å². The van der Waals surface area contributed by atoms with E-state index in [1.165, 1.54) is 25.7 Å². The second-order valence-corrected chi connectivity index (χ2v) is 5.80. The van der Waals surface area contributed by atoms with E-state index in [1.54, 1.807) is 7.05 Å². The van der Waals surface area contributed by atoms with Crippen LogP contribution in [0.4, 0.5) is 0 Å². The third-order valence-corrected chi connectivity index (χ3v) is 4.18. The zero-order chi connectivity index (χ0) is 14.3. The average Bonchev–Trinajstić information content (AvgIpc) is 2.39. The maximum Gasteiger partial charge on any atom is 0.191 e. The van der Waals surface area contributed by atoms with Crippen molar-refractivity contribution in [3.63, 3.8) is 0 Å². The molecule has 1 saturated carbocycles. The fourth-order valence-electron chi connectivity index (χ4n) is 2.96. The molecule has 0 bridgehead atoms. The molecule has 0 radical (unpaired) electrons. The monoisotopic (exact) mass is 392 g/mol. The minimum absolute atomic E-state index is 0. The van der Waals surface area contributed by atoms with Crippen molar-refractivity contribution in [1.82, 2.24) is 15.5 Å². The first kappa shape index (κ1) is 19.5. The van der Waals surface area contributed by atoms with Crippen LogP contribution in [0.1, 0.15) is 32.6 Å². The summed E-state index contributed by atoms with van der Waals surface area (Å²) in [5, 5.41) is 6.53. The van der Waals surface area contributed by atoms with E-state index in [2.05, 4.69) is 47.5 Å². The van der Waals surface area contributed by atoms with Crippen LogP contribution >= 0.6 is 24.0 Å². The van der Waals surface area contributed by atoms with Gasteiger partial charge >= 0.3 is 0 Å². The third kappa shape index (κ3) is 5.49. The lowest BCUT2D eigenvalue weighted by Gasteiger charge is -2.45. The summed E-state index contributed by atoms with van der Waals surface area (Å²) in [6.45, 7) is 3.77. The Bertz CT molecular complexity index is 348. The van der Waals surface area contributed by atoms with E-state index in [1.807, 2.05) is 0 Å². The molecular formula is C15H29IN4. The maximum atomic E-state index is 5.26. The molecule has 4 nitrogen and oxygen atoms in total. The number of rotatable bonds is 4. The number of halogens is 1. The summed E-state index contributed by atoms with van der Waals surface area (Å²) < 4.78 is 0. The lowest BCUT2D eigenvalue weighted by molar-refractivity contribution is 0.0796. The van der Waals surface area contributed by atoms with Crippen molar-refractivity contribution in [3.05, 3.63) is 0 Å². The molecular weight excluding hydrogens is 363 g/mol. The Labute approximate surface area is 141 Å². The zero-order valence-corrected chi connectivity index (χ0v) is 15.5. The summed E-state index contributed by atoms with van der Waals surface area (Å²) in [7, 11) is 6.13. The van der Waals surface area contributed by atoms with E-state index in [0.717, 1.165) is 18.4 Å². The molecule has 0 aliphatic heterocycles. The molecule has 1 fully saturated rings. The first-order valence-electron chi connectivity index (χ1n) is 7.09. The highest BCUT2D eigenvalue weighted by atomic mass is 127. The number of likely N-dealkylation sites (N-methyl/N-ethyl adjacent to an activating group) is 1. The van der Waals surface area contributed by atoms with Gasteiger partial charge in [-0.05, 0) is 32.9 Å². The highest BCUT2D eigenvalue weighted by Gasteiger charge is 2.36. The van der Waals surface area contributed by atoms with Crippen LogP contribution in [-0.4, -0.2) is 50.6 Å². The van der Waals surface area contributed by atoms with Crippen molar-refractivity contribution < 1.29 is 0 Å². The van der Waals surface area contributed by atoms with Gasteiger partial charge < -0.3 is 15.5 Å².